The van der Waals surface area contributed by atoms with Crippen LogP contribution in [0.5, 0.6) is 0 Å². The van der Waals surface area contributed by atoms with E-state index in [1.54, 1.807) is 0 Å². The molecule has 1 atom stereocenters. The Morgan fingerprint density at radius 1 is 1.14 bits per heavy atom. The van der Waals surface area contributed by atoms with Gasteiger partial charge in [0, 0.05) is 13.2 Å². The van der Waals surface area contributed by atoms with Crippen LogP contribution in [0.15, 0.2) is 0 Å². The monoisotopic (exact) mass is 221 g/mol. The van der Waals surface area contributed by atoms with Gasteiger partial charge in [0.1, 0.15) is 6.23 Å². The molecule has 0 rings (SSSR count). The summed E-state index contributed by atoms with van der Waals surface area (Å²) in [6.07, 6.45) is 2.14. The molecule has 0 radical (unpaired) electrons. The predicted octanol–water partition coefficient (Wildman–Crippen LogP) is 1.14. The van der Waals surface area contributed by atoms with E-state index in [0.717, 1.165) is 12.8 Å². The van der Waals surface area contributed by atoms with Gasteiger partial charge in [-0.25, -0.2) is 0 Å². The number of hydrogen-bond acceptors (Lipinski definition) is 4. The third-order valence-corrected chi connectivity index (χ3v) is 3.52. The van der Waals surface area contributed by atoms with Gasteiger partial charge in [-0.3, -0.25) is 5.32 Å². The first-order valence-corrected chi connectivity index (χ1v) is 6.75. The van der Waals surface area contributed by atoms with Crippen LogP contribution in [0.4, 0.5) is 0 Å². The Hall–Kier alpha value is 0.0569. The van der Waals surface area contributed by atoms with Gasteiger partial charge in [-0.1, -0.05) is 13.3 Å². The van der Waals surface area contributed by atoms with Gasteiger partial charge < -0.3 is 13.3 Å². The highest BCUT2D eigenvalue weighted by Crippen LogP contribution is 2.02. The fourth-order valence-electron chi connectivity index (χ4n) is 1.08. The van der Waals surface area contributed by atoms with Gasteiger partial charge in [0.2, 0.25) is 0 Å². The molecule has 0 aliphatic carbocycles. The molecule has 1 unspecified atom stereocenters. The van der Waals surface area contributed by atoms with E-state index >= 15 is 0 Å². The van der Waals surface area contributed by atoms with Crippen molar-refractivity contribution in [3.63, 3.8) is 0 Å². The average Bonchev–Trinajstić information content (AvgIpc) is 2.18. The zero-order valence-electron chi connectivity index (χ0n) is 9.71. The van der Waals surface area contributed by atoms with Gasteiger partial charge in [0.25, 0.3) is 0 Å². The molecule has 0 saturated heterocycles. The molecular weight excluding hydrogens is 198 g/mol. The second-order valence-corrected chi connectivity index (χ2v) is 4.42. The van der Waals surface area contributed by atoms with Crippen LogP contribution in [0.25, 0.3) is 0 Å². The van der Waals surface area contributed by atoms with Crippen LogP contribution in [0.3, 0.4) is 0 Å². The van der Waals surface area contributed by atoms with Crippen molar-refractivity contribution in [1.82, 2.24) is 5.32 Å². The largest absolute Gasteiger partial charge is 0.485 e. The lowest BCUT2D eigenvalue weighted by Crippen LogP contribution is -2.38. The van der Waals surface area contributed by atoms with Gasteiger partial charge in [0.15, 0.2) is 0 Å². The van der Waals surface area contributed by atoms with Crippen molar-refractivity contribution in [2.75, 3.05) is 20.3 Å². The van der Waals surface area contributed by atoms with Crippen molar-refractivity contribution in [1.29, 1.82) is 0 Å². The van der Waals surface area contributed by atoms with Crippen LogP contribution >= 0.6 is 0 Å². The minimum Gasteiger partial charge on any atom is -0.376 e. The van der Waals surface area contributed by atoms with E-state index in [2.05, 4.69) is 12.2 Å². The van der Waals surface area contributed by atoms with E-state index in [1.807, 2.05) is 20.9 Å². The summed E-state index contributed by atoms with van der Waals surface area (Å²) in [5, 5.41) is 3.10. The molecule has 0 aliphatic heterocycles. The van der Waals surface area contributed by atoms with Crippen molar-refractivity contribution in [2.24, 2.45) is 0 Å². The van der Waals surface area contributed by atoms with Crippen LogP contribution < -0.4 is 5.32 Å². The summed E-state index contributed by atoms with van der Waals surface area (Å²) >= 11 is 0. The molecule has 0 fully saturated rings. The smallest absolute Gasteiger partial charge is 0.376 e. The summed E-state index contributed by atoms with van der Waals surface area (Å²) in [5.41, 5.74) is 0. The molecule has 0 saturated carbocycles. The Labute approximate surface area is 88.9 Å². The zero-order valence-corrected chi connectivity index (χ0v) is 10.9. The van der Waals surface area contributed by atoms with Crippen LogP contribution in [-0.4, -0.2) is 36.0 Å². The summed E-state index contributed by atoms with van der Waals surface area (Å²) in [7, 11) is -0.0109. The van der Waals surface area contributed by atoms with Gasteiger partial charge in [-0.05, 0) is 27.3 Å². The van der Waals surface area contributed by atoms with E-state index in [1.165, 1.54) is 0 Å². The molecule has 0 heterocycles. The number of rotatable bonds is 9. The van der Waals surface area contributed by atoms with E-state index < -0.39 is 9.53 Å². The van der Waals surface area contributed by atoms with Gasteiger partial charge in [-0.15, -0.1) is 0 Å². The predicted molar refractivity (Wildman–Crippen MR) is 59.2 cm³/mol. The highest BCUT2D eigenvalue weighted by Gasteiger charge is 2.18. The normalized spacial score (nSPS) is 13.5. The summed E-state index contributed by atoms with van der Waals surface area (Å²) < 4.78 is 16.5. The minimum absolute atomic E-state index is 0.0646. The lowest BCUT2D eigenvalue weighted by atomic mass is 10.3. The van der Waals surface area contributed by atoms with Crippen LogP contribution in [-0.2, 0) is 13.3 Å². The highest BCUT2D eigenvalue weighted by molar-refractivity contribution is 6.36. The highest BCUT2D eigenvalue weighted by atomic mass is 28.3. The van der Waals surface area contributed by atoms with Crippen LogP contribution in [0, 0.1) is 0 Å². The van der Waals surface area contributed by atoms with Crippen molar-refractivity contribution >= 4 is 9.53 Å². The molecule has 0 bridgehead atoms. The summed E-state index contributed by atoms with van der Waals surface area (Å²) in [5.74, 6) is 0. The fourth-order valence-corrected chi connectivity index (χ4v) is 2.41. The second kappa shape index (κ2) is 9.61. The van der Waals surface area contributed by atoms with Gasteiger partial charge >= 0.3 is 9.53 Å². The summed E-state index contributed by atoms with van der Waals surface area (Å²) in [6.45, 7) is 7.34. The van der Waals surface area contributed by atoms with E-state index in [0.29, 0.717) is 13.2 Å². The molecule has 86 valence electrons. The zero-order chi connectivity index (χ0) is 10.8. The Kier molecular flexibility index (Phi) is 9.64. The average molecular weight is 221 g/mol. The Morgan fingerprint density at radius 3 is 2.07 bits per heavy atom. The standard InChI is InChI=1S/C9H23NO3Si/c1-5-8-9(10-4)13-14(11-6-2)12-7-3/h9-10,14H,5-8H2,1-4H3. The maximum atomic E-state index is 5.70. The van der Waals surface area contributed by atoms with E-state index in [9.17, 15) is 0 Å². The van der Waals surface area contributed by atoms with E-state index in [4.69, 9.17) is 13.3 Å². The Balaban J connectivity index is 3.83. The fraction of sp³-hybridized carbons (Fsp3) is 1.00. The molecule has 5 heteroatoms. The third kappa shape index (κ3) is 6.50. The van der Waals surface area contributed by atoms with Crippen LogP contribution in [0.2, 0.25) is 0 Å². The Morgan fingerprint density at radius 2 is 1.71 bits per heavy atom. The van der Waals surface area contributed by atoms with Crippen molar-refractivity contribution in [3.05, 3.63) is 0 Å². The van der Waals surface area contributed by atoms with Crippen molar-refractivity contribution in [2.45, 2.75) is 39.8 Å². The number of hydrogen-bond donors (Lipinski definition) is 1. The van der Waals surface area contributed by atoms with Crippen molar-refractivity contribution in [3.8, 4) is 0 Å². The SMILES string of the molecule is CCCC(NC)O[SiH](OCC)OCC. The molecule has 14 heavy (non-hydrogen) atoms. The molecule has 1 N–H and O–H groups in total. The molecule has 0 aromatic carbocycles. The lowest BCUT2D eigenvalue weighted by molar-refractivity contribution is 0.0475. The third-order valence-electron chi connectivity index (χ3n) is 1.75. The first-order chi connectivity index (χ1) is 6.78. The first-order valence-electron chi connectivity index (χ1n) is 5.34. The minimum atomic E-state index is -1.90. The molecule has 0 aromatic heterocycles. The first kappa shape index (κ1) is 14.1. The Bertz CT molecular complexity index is 121. The maximum absolute atomic E-state index is 5.70. The van der Waals surface area contributed by atoms with E-state index in [-0.39, 0.29) is 6.23 Å². The summed E-state index contributed by atoms with van der Waals surface area (Å²) in [6, 6.07) is 0. The van der Waals surface area contributed by atoms with Gasteiger partial charge in [0.05, 0.1) is 0 Å². The molecular formula is C9H23NO3Si. The van der Waals surface area contributed by atoms with Crippen molar-refractivity contribution < 1.29 is 13.3 Å². The molecule has 0 aromatic rings. The molecule has 4 nitrogen and oxygen atoms in total. The maximum Gasteiger partial charge on any atom is 0.485 e. The summed E-state index contributed by atoms with van der Waals surface area (Å²) in [4.78, 5) is 0. The second-order valence-electron chi connectivity index (χ2n) is 2.90. The lowest BCUT2D eigenvalue weighted by Gasteiger charge is -2.22. The number of nitrogens with one attached hydrogen (secondary N) is 1. The van der Waals surface area contributed by atoms with Gasteiger partial charge in [-0.2, -0.15) is 0 Å². The topological polar surface area (TPSA) is 39.7 Å². The molecule has 0 amide bonds. The van der Waals surface area contributed by atoms with Crippen LogP contribution in [0.1, 0.15) is 33.6 Å². The quantitative estimate of drug-likeness (QED) is 0.468. The molecule has 0 spiro atoms. The molecule has 0 aliphatic rings.